The van der Waals surface area contributed by atoms with Gasteiger partial charge in [-0.1, -0.05) is 6.07 Å². The number of carbonyl (C=O) groups excluding carboxylic acids is 1. The van der Waals surface area contributed by atoms with Crippen molar-refractivity contribution in [2.75, 3.05) is 0 Å². The van der Waals surface area contributed by atoms with Crippen molar-refractivity contribution in [2.45, 2.75) is 39.3 Å². The molecule has 2 heterocycles. The molecule has 0 radical (unpaired) electrons. The van der Waals surface area contributed by atoms with Crippen LogP contribution >= 0.6 is 0 Å². The number of pyridine rings is 1. The van der Waals surface area contributed by atoms with Gasteiger partial charge in [-0.15, -0.1) is 0 Å². The van der Waals surface area contributed by atoms with E-state index in [1.54, 1.807) is 40.0 Å². The maximum atomic E-state index is 12.2. The summed E-state index contributed by atoms with van der Waals surface area (Å²) in [5, 5.41) is 0. The molecule has 0 spiro atoms. The van der Waals surface area contributed by atoms with Crippen molar-refractivity contribution in [2.24, 2.45) is 12.8 Å². The summed E-state index contributed by atoms with van der Waals surface area (Å²) in [5.74, 6) is -0.265. The van der Waals surface area contributed by atoms with Crippen molar-refractivity contribution in [3.63, 3.8) is 0 Å². The maximum absolute atomic E-state index is 12.2. The summed E-state index contributed by atoms with van der Waals surface area (Å²) in [5.41, 5.74) is 6.07. The summed E-state index contributed by atoms with van der Waals surface area (Å²) in [4.78, 5) is 40.3. The van der Waals surface area contributed by atoms with Gasteiger partial charge in [-0.25, -0.2) is 14.3 Å². The Morgan fingerprint density at radius 2 is 2.00 bits per heavy atom. The Labute approximate surface area is 144 Å². The van der Waals surface area contributed by atoms with Crippen LogP contribution in [-0.2, 0) is 23.0 Å². The van der Waals surface area contributed by atoms with Crippen LogP contribution in [0.25, 0.3) is 5.82 Å². The van der Waals surface area contributed by atoms with Crippen molar-refractivity contribution >= 4 is 5.97 Å². The van der Waals surface area contributed by atoms with E-state index in [0.717, 1.165) is 4.57 Å². The third-order valence-corrected chi connectivity index (χ3v) is 3.57. The first-order valence-electron chi connectivity index (χ1n) is 7.91. The van der Waals surface area contributed by atoms with Gasteiger partial charge in [-0.3, -0.25) is 9.59 Å². The molecule has 0 unspecified atom stereocenters. The lowest BCUT2D eigenvalue weighted by atomic mass is 10.1. The summed E-state index contributed by atoms with van der Waals surface area (Å²) in [7, 11) is 1.57. The quantitative estimate of drug-likeness (QED) is 0.767. The molecule has 0 aliphatic heterocycles. The molecule has 0 aliphatic carbocycles. The Kier molecular flexibility index (Phi) is 5.53. The Morgan fingerprint density at radius 3 is 2.56 bits per heavy atom. The van der Waals surface area contributed by atoms with Crippen LogP contribution in [-0.4, -0.2) is 32.2 Å². The number of aryl methyl sites for hydroxylation is 2. The predicted molar refractivity (Wildman–Crippen MR) is 92.7 cm³/mol. The Bertz CT molecular complexity index is 847. The standard InChI is InChI=1S/C17H22N4O4/c1-10(2)25-16(23)13(18)7-12-5-6-14(19-8-12)21-15(22)11(3)9-20(4)17(21)24/h5-6,8-10,13H,7,18H2,1-4H3/t13-/m0/s1. The lowest BCUT2D eigenvalue weighted by molar-refractivity contribution is -0.148. The van der Waals surface area contributed by atoms with Gasteiger partial charge in [0.15, 0.2) is 0 Å². The Morgan fingerprint density at radius 1 is 1.32 bits per heavy atom. The van der Waals surface area contributed by atoms with Crippen molar-refractivity contribution in [3.8, 4) is 5.82 Å². The highest BCUT2D eigenvalue weighted by atomic mass is 16.5. The maximum Gasteiger partial charge on any atom is 0.336 e. The van der Waals surface area contributed by atoms with E-state index in [0.29, 0.717) is 11.1 Å². The van der Waals surface area contributed by atoms with E-state index in [4.69, 9.17) is 10.5 Å². The Hall–Kier alpha value is -2.74. The van der Waals surface area contributed by atoms with E-state index in [2.05, 4.69) is 4.98 Å². The number of ether oxygens (including phenoxy) is 1. The fourth-order valence-electron chi connectivity index (χ4n) is 2.35. The fraction of sp³-hybridized carbons (Fsp3) is 0.412. The molecule has 0 aromatic carbocycles. The first-order valence-corrected chi connectivity index (χ1v) is 7.91. The van der Waals surface area contributed by atoms with E-state index in [1.807, 2.05) is 0 Å². The molecule has 0 bridgehead atoms. The SMILES string of the molecule is Cc1cn(C)c(=O)n(-c2ccc(C[C@H](N)C(=O)OC(C)C)cn2)c1=O. The summed E-state index contributed by atoms with van der Waals surface area (Å²) in [6.45, 7) is 5.13. The van der Waals surface area contributed by atoms with E-state index < -0.39 is 23.3 Å². The van der Waals surface area contributed by atoms with Gasteiger partial charge in [0, 0.05) is 25.0 Å². The minimum Gasteiger partial charge on any atom is -0.462 e. The normalized spacial score (nSPS) is 12.2. The fourth-order valence-corrected chi connectivity index (χ4v) is 2.35. The molecule has 25 heavy (non-hydrogen) atoms. The third-order valence-electron chi connectivity index (χ3n) is 3.57. The lowest BCUT2D eigenvalue weighted by Gasteiger charge is -2.14. The van der Waals surface area contributed by atoms with Gasteiger partial charge < -0.3 is 15.0 Å². The van der Waals surface area contributed by atoms with Gasteiger partial charge in [0.1, 0.15) is 11.9 Å². The zero-order valence-electron chi connectivity index (χ0n) is 14.7. The number of esters is 1. The number of nitrogens with zero attached hydrogens (tertiary/aromatic N) is 3. The van der Waals surface area contributed by atoms with Gasteiger partial charge >= 0.3 is 11.7 Å². The number of rotatable bonds is 5. The molecule has 134 valence electrons. The summed E-state index contributed by atoms with van der Waals surface area (Å²) < 4.78 is 7.39. The number of nitrogens with two attached hydrogens (primary N) is 1. The highest BCUT2D eigenvalue weighted by Gasteiger charge is 2.17. The van der Waals surface area contributed by atoms with Gasteiger partial charge in [0.05, 0.1) is 6.10 Å². The highest BCUT2D eigenvalue weighted by molar-refractivity contribution is 5.76. The summed E-state index contributed by atoms with van der Waals surface area (Å²) >= 11 is 0. The molecule has 2 aromatic rings. The van der Waals surface area contributed by atoms with Crippen LogP contribution in [0.5, 0.6) is 0 Å². The molecular formula is C17H22N4O4. The first kappa shape index (κ1) is 18.6. The van der Waals surface area contributed by atoms with Gasteiger partial charge in [0.25, 0.3) is 5.56 Å². The summed E-state index contributed by atoms with van der Waals surface area (Å²) in [6.07, 6.45) is 2.99. The van der Waals surface area contributed by atoms with Crippen LogP contribution in [0.2, 0.25) is 0 Å². The van der Waals surface area contributed by atoms with Gasteiger partial charge in [0.2, 0.25) is 0 Å². The minimum absolute atomic E-state index is 0.219. The molecule has 8 heteroatoms. The van der Waals surface area contributed by atoms with Crippen LogP contribution in [0.15, 0.2) is 34.1 Å². The number of carbonyl (C=O) groups is 1. The number of hydrogen-bond acceptors (Lipinski definition) is 6. The van der Waals surface area contributed by atoms with E-state index in [9.17, 15) is 14.4 Å². The molecule has 0 saturated heterocycles. The second-order valence-electron chi connectivity index (χ2n) is 6.17. The highest BCUT2D eigenvalue weighted by Crippen LogP contribution is 2.06. The molecule has 2 N–H and O–H groups in total. The predicted octanol–water partition coefficient (Wildman–Crippen LogP) is 0.0610. The smallest absolute Gasteiger partial charge is 0.336 e. The topological polar surface area (TPSA) is 109 Å². The zero-order chi connectivity index (χ0) is 18.7. The van der Waals surface area contributed by atoms with Crippen LogP contribution in [0.3, 0.4) is 0 Å². The minimum atomic E-state index is -0.801. The molecule has 0 saturated carbocycles. The average molecular weight is 346 g/mol. The molecular weight excluding hydrogens is 324 g/mol. The number of aromatic nitrogens is 3. The second kappa shape index (κ2) is 7.43. The van der Waals surface area contributed by atoms with Crippen molar-refractivity contribution < 1.29 is 9.53 Å². The van der Waals surface area contributed by atoms with E-state index in [-0.39, 0.29) is 18.3 Å². The molecule has 0 fully saturated rings. The molecule has 0 amide bonds. The molecule has 2 rings (SSSR count). The number of hydrogen-bond donors (Lipinski definition) is 1. The van der Waals surface area contributed by atoms with Crippen molar-refractivity contribution in [1.29, 1.82) is 0 Å². The lowest BCUT2D eigenvalue weighted by Crippen LogP contribution is -2.39. The van der Waals surface area contributed by atoms with Crippen LogP contribution in [0.1, 0.15) is 25.0 Å². The van der Waals surface area contributed by atoms with Crippen molar-refractivity contribution in [1.82, 2.24) is 14.1 Å². The average Bonchev–Trinajstić information content (AvgIpc) is 2.54. The molecule has 8 nitrogen and oxygen atoms in total. The summed E-state index contributed by atoms with van der Waals surface area (Å²) in [6, 6.07) is 2.43. The first-order chi connectivity index (χ1) is 11.7. The second-order valence-corrected chi connectivity index (χ2v) is 6.17. The monoisotopic (exact) mass is 346 g/mol. The van der Waals surface area contributed by atoms with Gasteiger partial charge in [-0.05, 0) is 38.8 Å². The van der Waals surface area contributed by atoms with Crippen LogP contribution < -0.4 is 17.0 Å². The Balaban J connectivity index is 2.26. The molecule has 0 aliphatic rings. The van der Waals surface area contributed by atoms with Crippen molar-refractivity contribution in [3.05, 3.63) is 56.5 Å². The van der Waals surface area contributed by atoms with Gasteiger partial charge in [-0.2, -0.15) is 0 Å². The third kappa shape index (κ3) is 4.21. The zero-order valence-corrected chi connectivity index (χ0v) is 14.7. The van der Waals surface area contributed by atoms with E-state index in [1.165, 1.54) is 17.0 Å². The van der Waals surface area contributed by atoms with Crippen LogP contribution in [0, 0.1) is 6.92 Å². The molecule has 1 atom stereocenters. The van der Waals surface area contributed by atoms with Crippen LogP contribution in [0.4, 0.5) is 0 Å². The largest absolute Gasteiger partial charge is 0.462 e. The molecule has 2 aromatic heterocycles. The van der Waals surface area contributed by atoms with E-state index >= 15 is 0 Å².